The van der Waals surface area contributed by atoms with Gasteiger partial charge in [0.05, 0.1) is 18.9 Å². The van der Waals surface area contributed by atoms with Gasteiger partial charge in [-0.05, 0) is 48.0 Å². The van der Waals surface area contributed by atoms with Crippen molar-refractivity contribution >= 4 is 30.0 Å². The molecule has 2 fully saturated rings. The quantitative estimate of drug-likeness (QED) is 0.419. The molecule has 35 heavy (non-hydrogen) atoms. The molecule has 2 saturated heterocycles. The smallest absolute Gasteiger partial charge is 0.241 e. The number of piperidine rings is 1. The lowest BCUT2D eigenvalue weighted by molar-refractivity contribution is -0.132. The maximum Gasteiger partial charge on any atom is 0.241 e. The first kappa shape index (κ1) is 23.3. The van der Waals surface area contributed by atoms with Crippen LogP contribution in [0.4, 0.5) is 10.1 Å². The van der Waals surface area contributed by atoms with Gasteiger partial charge in [0, 0.05) is 31.3 Å². The Morgan fingerprint density at radius 2 is 1.74 bits per heavy atom. The van der Waals surface area contributed by atoms with Crippen LogP contribution >= 0.6 is 12.6 Å². The van der Waals surface area contributed by atoms with Crippen molar-refractivity contribution in [3.05, 3.63) is 83.8 Å². The van der Waals surface area contributed by atoms with E-state index in [-0.39, 0.29) is 23.9 Å². The lowest BCUT2D eigenvalue weighted by Gasteiger charge is -2.39. The van der Waals surface area contributed by atoms with E-state index in [0.717, 1.165) is 24.3 Å². The first-order valence-electron chi connectivity index (χ1n) is 11.3. The number of carbonyl (C=O) groups excluding carboxylic acids is 2. The van der Waals surface area contributed by atoms with Crippen LogP contribution in [0.3, 0.4) is 0 Å². The summed E-state index contributed by atoms with van der Waals surface area (Å²) >= 11 is 4.18. The van der Waals surface area contributed by atoms with E-state index in [1.807, 2.05) is 24.3 Å². The van der Waals surface area contributed by atoms with Crippen LogP contribution in [-0.4, -0.2) is 48.2 Å². The molecule has 2 aliphatic rings. The number of halogens is 1. The molecule has 7 nitrogen and oxygen atoms in total. The minimum atomic E-state index is -1.18. The van der Waals surface area contributed by atoms with Crippen LogP contribution in [0.2, 0.25) is 0 Å². The number of carbonyl (C=O) groups is 2. The zero-order chi connectivity index (χ0) is 24.4. The third kappa shape index (κ3) is 4.74. The third-order valence-corrected chi connectivity index (χ3v) is 6.78. The number of amides is 1. The number of hydrogen-bond acceptors (Lipinski definition) is 7. The van der Waals surface area contributed by atoms with Crippen molar-refractivity contribution in [3.63, 3.8) is 0 Å². The van der Waals surface area contributed by atoms with E-state index >= 15 is 0 Å². The molecular weight excluding hydrogens is 469 g/mol. The van der Waals surface area contributed by atoms with Crippen molar-refractivity contribution in [2.75, 3.05) is 31.2 Å². The highest BCUT2D eigenvalue weighted by Crippen LogP contribution is 2.38. The second-order valence-corrected chi connectivity index (χ2v) is 9.02. The van der Waals surface area contributed by atoms with Gasteiger partial charge in [0.1, 0.15) is 22.4 Å². The Labute approximate surface area is 207 Å². The molecule has 1 aromatic heterocycles. The minimum absolute atomic E-state index is 0.00317. The first-order valence-corrected chi connectivity index (χ1v) is 11.8. The Kier molecular flexibility index (Phi) is 6.44. The number of morpholine rings is 1. The van der Waals surface area contributed by atoms with Crippen molar-refractivity contribution < 1.29 is 23.5 Å². The molecule has 1 amide bonds. The monoisotopic (exact) mass is 493 g/mol. The fraction of sp³-hybridized carbons (Fsp3) is 0.269. The fourth-order valence-corrected chi connectivity index (χ4v) is 4.57. The second-order valence-electron chi connectivity index (χ2n) is 8.50. The average Bonchev–Trinajstić information content (AvgIpc) is 2.89. The highest BCUT2D eigenvalue weighted by Gasteiger charge is 2.47. The van der Waals surface area contributed by atoms with Crippen LogP contribution < -0.4 is 15.0 Å². The topological polar surface area (TPSA) is 80.8 Å². The van der Waals surface area contributed by atoms with E-state index in [2.05, 4.69) is 27.8 Å². The van der Waals surface area contributed by atoms with E-state index in [1.165, 1.54) is 24.3 Å². The predicted molar refractivity (Wildman–Crippen MR) is 132 cm³/mol. The second kappa shape index (κ2) is 9.67. The van der Waals surface area contributed by atoms with E-state index in [4.69, 9.17) is 9.47 Å². The Bertz CT molecular complexity index is 1210. The number of aromatic nitrogens is 1. The van der Waals surface area contributed by atoms with Crippen molar-refractivity contribution in [3.8, 4) is 11.6 Å². The number of ketones is 1. The zero-order valence-electron chi connectivity index (χ0n) is 18.8. The molecular formula is C26H24FN3O4S. The van der Waals surface area contributed by atoms with Crippen LogP contribution in [0.5, 0.6) is 11.6 Å². The summed E-state index contributed by atoms with van der Waals surface area (Å²) in [5.41, 5.74) is 1.04. The number of Topliss-reactive ketones (excluding diaryl/α,β-unsaturated/α-hetero) is 1. The number of ether oxygens (including phenoxy) is 2. The van der Waals surface area contributed by atoms with Crippen LogP contribution in [0.25, 0.3) is 0 Å². The van der Waals surface area contributed by atoms with Gasteiger partial charge in [0.2, 0.25) is 11.8 Å². The molecule has 1 N–H and O–H groups in total. The maximum atomic E-state index is 13.3. The van der Waals surface area contributed by atoms with Gasteiger partial charge < -0.3 is 19.7 Å². The van der Waals surface area contributed by atoms with E-state index in [0.29, 0.717) is 24.7 Å². The number of anilines is 1. The van der Waals surface area contributed by atoms with Gasteiger partial charge >= 0.3 is 0 Å². The molecule has 0 radical (unpaired) electrons. The number of benzene rings is 2. The maximum absolute atomic E-state index is 13.3. The molecule has 5 rings (SSSR count). The number of thiol groups is 1. The molecule has 0 bridgehead atoms. The van der Waals surface area contributed by atoms with E-state index in [1.54, 1.807) is 18.2 Å². The lowest BCUT2D eigenvalue weighted by Crippen LogP contribution is -2.57. The lowest BCUT2D eigenvalue weighted by atomic mass is 9.78. The Hall–Kier alpha value is -3.43. The van der Waals surface area contributed by atoms with Crippen LogP contribution in [-0.2, 0) is 19.9 Å². The van der Waals surface area contributed by atoms with Gasteiger partial charge in [-0.1, -0.05) is 18.2 Å². The molecule has 0 saturated carbocycles. The summed E-state index contributed by atoms with van der Waals surface area (Å²) in [7, 11) is 0. The highest BCUT2D eigenvalue weighted by atomic mass is 32.1. The van der Waals surface area contributed by atoms with Crippen molar-refractivity contribution in [1.29, 1.82) is 0 Å². The number of nitrogens with one attached hydrogen (secondary N) is 1. The minimum Gasteiger partial charge on any atom is -0.439 e. The predicted octanol–water partition coefficient (Wildman–Crippen LogP) is 3.48. The molecule has 3 heterocycles. The average molecular weight is 494 g/mol. The normalized spacial score (nSPS) is 22.6. The van der Waals surface area contributed by atoms with Crippen molar-refractivity contribution in [1.82, 2.24) is 10.3 Å². The summed E-state index contributed by atoms with van der Waals surface area (Å²) in [6, 6.07) is 18.5. The number of rotatable bonds is 5. The van der Waals surface area contributed by atoms with Crippen LogP contribution in [0.15, 0.2) is 66.7 Å². The summed E-state index contributed by atoms with van der Waals surface area (Å²) in [5, 5.41) is 1.97. The summed E-state index contributed by atoms with van der Waals surface area (Å²) in [5.74, 6) is -0.468. The SMILES string of the molecule is O=C1CC(c2ccc(N3CCOCC3)cc2)(c2cccc(Oc3ccc(F)cc3)n2)NC(=O)C1S. The van der Waals surface area contributed by atoms with E-state index in [9.17, 15) is 14.0 Å². The van der Waals surface area contributed by atoms with Crippen LogP contribution in [0, 0.1) is 5.82 Å². The summed E-state index contributed by atoms with van der Waals surface area (Å²) in [6.07, 6.45) is -0.00317. The van der Waals surface area contributed by atoms with Crippen molar-refractivity contribution in [2.45, 2.75) is 17.2 Å². The molecule has 9 heteroatoms. The van der Waals surface area contributed by atoms with Gasteiger partial charge in [-0.15, -0.1) is 0 Å². The number of hydrogen-bond donors (Lipinski definition) is 2. The Morgan fingerprint density at radius 1 is 1.03 bits per heavy atom. The molecule has 0 aliphatic carbocycles. The summed E-state index contributed by atoms with van der Waals surface area (Å²) in [4.78, 5) is 32.5. The number of pyridine rings is 1. The largest absolute Gasteiger partial charge is 0.439 e. The van der Waals surface area contributed by atoms with Gasteiger partial charge in [0.25, 0.3) is 0 Å². The molecule has 2 atom stereocenters. The highest BCUT2D eigenvalue weighted by molar-refractivity contribution is 7.82. The molecule has 2 unspecified atom stereocenters. The van der Waals surface area contributed by atoms with Gasteiger partial charge in [0.15, 0.2) is 5.78 Å². The van der Waals surface area contributed by atoms with Gasteiger partial charge in [-0.3, -0.25) is 9.59 Å². The van der Waals surface area contributed by atoms with Gasteiger partial charge in [-0.25, -0.2) is 9.37 Å². The standard InChI is InChI=1S/C26H24FN3O4S/c27-18-6-10-20(11-7-18)34-23-3-1-2-22(28-23)26(16-21(31)24(35)25(32)29-26)17-4-8-19(9-5-17)30-12-14-33-15-13-30/h1-11,24,35H,12-16H2,(H,29,32). The third-order valence-electron chi connectivity index (χ3n) is 6.26. The molecule has 2 aromatic carbocycles. The van der Waals surface area contributed by atoms with E-state index < -0.39 is 16.7 Å². The van der Waals surface area contributed by atoms with Crippen LogP contribution in [0.1, 0.15) is 17.7 Å². The van der Waals surface area contributed by atoms with Gasteiger partial charge in [-0.2, -0.15) is 12.6 Å². The summed E-state index contributed by atoms with van der Waals surface area (Å²) < 4.78 is 24.5. The first-order chi connectivity index (χ1) is 16.9. The zero-order valence-corrected chi connectivity index (χ0v) is 19.7. The molecule has 180 valence electrons. The Morgan fingerprint density at radius 3 is 2.43 bits per heavy atom. The van der Waals surface area contributed by atoms with Crippen molar-refractivity contribution in [2.24, 2.45) is 0 Å². The fourth-order valence-electron chi connectivity index (χ4n) is 4.41. The summed E-state index contributed by atoms with van der Waals surface area (Å²) in [6.45, 7) is 2.94. The molecule has 3 aromatic rings. The molecule has 2 aliphatic heterocycles. The number of nitrogens with zero attached hydrogens (tertiary/aromatic N) is 2. The molecule has 0 spiro atoms. The Balaban J connectivity index is 1.52.